The third-order valence-electron chi connectivity index (χ3n) is 4.69. The fourth-order valence-corrected chi connectivity index (χ4v) is 7.45. The van der Waals surface area contributed by atoms with Gasteiger partial charge >= 0.3 is 0 Å². The summed E-state index contributed by atoms with van der Waals surface area (Å²) in [7, 11) is -0.527. The van der Waals surface area contributed by atoms with Crippen molar-refractivity contribution in [1.29, 1.82) is 0 Å². The molecule has 1 radical (unpaired) electrons. The van der Waals surface area contributed by atoms with Gasteiger partial charge in [0.25, 0.3) is 5.69 Å². The summed E-state index contributed by atoms with van der Waals surface area (Å²) in [6.45, 7) is 9.46. The van der Waals surface area contributed by atoms with Gasteiger partial charge in [0.05, 0.1) is 4.92 Å². The van der Waals surface area contributed by atoms with E-state index >= 15 is 0 Å². The molecule has 1 N–H and O–H groups in total. The van der Waals surface area contributed by atoms with Crippen molar-refractivity contribution >= 4 is 12.9 Å². The molecule has 0 bridgehead atoms. The van der Waals surface area contributed by atoms with Crippen molar-refractivity contribution < 1.29 is 10.0 Å². The number of phenolic OH excluding ortho intramolecular Hbond substituents is 1. The largest absolute Gasteiger partial charge is 0.508 e. The summed E-state index contributed by atoms with van der Waals surface area (Å²) in [6.07, 6.45) is 14.9. The normalized spacial score (nSPS) is 10.9. The fourth-order valence-electron chi connectivity index (χ4n) is 2.86. The molecule has 5 heteroatoms. The van der Waals surface area contributed by atoms with E-state index in [2.05, 4.69) is 27.7 Å². The lowest BCUT2D eigenvalue weighted by Gasteiger charge is -2.36. The average molecular weight is 370 g/mol. The number of hydrogen-bond acceptors (Lipinski definition) is 3. The molecule has 0 spiro atoms. The van der Waals surface area contributed by atoms with Gasteiger partial charge in [0.15, 0.2) is 0 Å². The van der Waals surface area contributed by atoms with Crippen molar-refractivity contribution in [3.8, 4) is 5.75 Å². The monoisotopic (exact) mass is 370 g/mol. The molecule has 145 valence electrons. The van der Waals surface area contributed by atoms with Crippen molar-refractivity contribution in [3.63, 3.8) is 0 Å². The Morgan fingerprint density at radius 1 is 0.880 bits per heavy atom. The van der Waals surface area contributed by atoms with Crippen molar-refractivity contribution in [3.05, 3.63) is 34.4 Å². The van der Waals surface area contributed by atoms with Crippen LogP contribution in [-0.2, 0) is 0 Å². The maximum Gasteiger partial charge on any atom is 0.269 e. The number of nitro benzene ring substituents is 1. The molecule has 0 aliphatic carbocycles. The van der Waals surface area contributed by atoms with Crippen molar-refractivity contribution in [2.24, 2.45) is 0 Å². The number of unbranched alkanes of at least 4 members (excludes halogenated alkanes) is 3. The van der Waals surface area contributed by atoms with Gasteiger partial charge in [0, 0.05) is 12.1 Å². The first kappa shape index (κ1) is 23.9. The Morgan fingerprint density at radius 2 is 1.28 bits per heavy atom. The van der Waals surface area contributed by atoms with Crippen molar-refractivity contribution in [2.45, 2.75) is 66.2 Å². The second-order valence-electron chi connectivity index (χ2n) is 6.66. The summed E-state index contributed by atoms with van der Waals surface area (Å²) >= 11 is 0. The van der Waals surface area contributed by atoms with Crippen LogP contribution in [-0.4, -0.2) is 34.7 Å². The number of non-ortho nitro benzene ring substituents is 1. The molecular formula is C20H37NO3P. The average Bonchev–Trinajstić information content (AvgIpc) is 2.62. The molecule has 1 rings (SSSR count). The quantitative estimate of drug-likeness (QED) is 0.267. The van der Waals surface area contributed by atoms with Crippen molar-refractivity contribution in [1.82, 2.24) is 0 Å². The minimum Gasteiger partial charge on any atom is -0.508 e. The van der Waals surface area contributed by atoms with Crippen LogP contribution in [0, 0.1) is 10.1 Å². The van der Waals surface area contributed by atoms with Gasteiger partial charge in [0.2, 0.25) is 0 Å². The van der Waals surface area contributed by atoms with E-state index in [1.54, 1.807) is 18.5 Å². The van der Waals surface area contributed by atoms with Gasteiger partial charge in [0.1, 0.15) is 5.75 Å². The molecule has 0 saturated carbocycles. The zero-order valence-corrected chi connectivity index (χ0v) is 17.4. The van der Waals surface area contributed by atoms with Gasteiger partial charge in [-0.2, -0.15) is 0 Å². The van der Waals surface area contributed by atoms with E-state index in [9.17, 15) is 10.1 Å². The van der Waals surface area contributed by atoms with E-state index < -0.39 is 12.2 Å². The van der Waals surface area contributed by atoms with E-state index in [0.29, 0.717) is 0 Å². The first-order chi connectivity index (χ1) is 11.9. The predicted octanol–water partition coefficient (Wildman–Crippen LogP) is 6.72. The molecule has 0 amide bonds. The molecule has 0 atom stereocenters. The maximum atomic E-state index is 10.0. The standard InChI is InChI=1S/C14H32P.C6H5NO3/c1-5-9-12-15(8-4,13-10-6-2)14-11-7-3;8-6-3-1-5(2-4-6)7(9)10/h5-14H2,1-4H3;1-4,8H. The molecule has 25 heavy (non-hydrogen) atoms. The number of phenols is 1. The topological polar surface area (TPSA) is 63.4 Å². The third-order valence-corrected chi connectivity index (χ3v) is 9.83. The zero-order valence-electron chi connectivity index (χ0n) is 16.5. The summed E-state index contributed by atoms with van der Waals surface area (Å²) in [5.41, 5.74) is -0.0159. The molecule has 0 fully saturated rings. The van der Waals surface area contributed by atoms with Crippen LogP contribution in [0.2, 0.25) is 0 Å². The van der Waals surface area contributed by atoms with Crippen LogP contribution in [0.4, 0.5) is 5.69 Å². The molecule has 0 aliphatic rings. The Morgan fingerprint density at radius 3 is 1.56 bits per heavy atom. The van der Waals surface area contributed by atoms with E-state index in [4.69, 9.17) is 5.11 Å². The van der Waals surface area contributed by atoms with E-state index in [0.717, 1.165) is 0 Å². The SMILES string of the molecule is CCCC[P](CC)(CCCC)CCCC.O=[N+]([O-])c1ccc(O)cc1. The number of aromatic hydroxyl groups is 1. The maximum absolute atomic E-state index is 10.0. The molecular weight excluding hydrogens is 333 g/mol. The molecule has 1 aromatic rings. The number of hydrogen-bond donors (Lipinski definition) is 1. The third kappa shape index (κ3) is 10.4. The molecule has 0 heterocycles. The zero-order chi connectivity index (χ0) is 19.1. The van der Waals surface area contributed by atoms with Gasteiger partial charge in [-0.25, -0.2) is 0 Å². The lowest BCUT2D eigenvalue weighted by atomic mass is 10.3. The van der Waals surface area contributed by atoms with Gasteiger partial charge in [-0.1, -0.05) is 47.0 Å². The molecule has 4 nitrogen and oxygen atoms in total. The van der Waals surface area contributed by atoms with Crippen LogP contribution >= 0.6 is 7.26 Å². The Labute approximate surface area is 154 Å². The van der Waals surface area contributed by atoms with E-state index in [1.807, 2.05) is 0 Å². The second kappa shape index (κ2) is 14.1. The first-order valence-electron chi connectivity index (χ1n) is 9.73. The van der Waals surface area contributed by atoms with E-state index in [-0.39, 0.29) is 11.4 Å². The number of benzene rings is 1. The second-order valence-corrected chi connectivity index (χ2v) is 11.3. The molecule has 0 unspecified atom stereocenters. The summed E-state index contributed by atoms with van der Waals surface area (Å²) < 4.78 is 0. The highest BCUT2D eigenvalue weighted by Gasteiger charge is 2.22. The van der Waals surface area contributed by atoms with Crippen LogP contribution in [0.3, 0.4) is 0 Å². The number of nitro groups is 1. The van der Waals surface area contributed by atoms with Gasteiger partial charge < -0.3 is 5.11 Å². The van der Waals surface area contributed by atoms with Gasteiger partial charge in [-0.3, -0.25) is 10.1 Å². The summed E-state index contributed by atoms with van der Waals surface area (Å²) in [5.74, 6) is 0.0330. The minimum absolute atomic E-state index is 0.0159. The Kier molecular flexibility index (Phi) is 13.4. The highest BCUT2D eigenvalue weighted by molar-refractivity contribution is 7.75. The smallest absolute Gasteiger partial charge is 0.269 e. The molecule has 0 aromatic heterocycles. The van der Waals surface area contributed by atoms with Gasteiger partial charge in [-0.05, 0) is 56.0 Å². The lowest BCUT2D eigenvalue weighted by Crippen LogP contribution is -2.11. The lowest BCUT2D eigenvalue weighted by molar-refractivity contribution is -0.384. The molecule has 0 aliphatic heterocycles. The fraction of sp³-hybridized carbons (Fsp3) is 0.700. The van der Waals surface area contributed by atoms with Crippen molar-refractivity contribution in [2.75, 3.05) is 24.6 Å². The van der Waals surface area contributed by atoms with E-state index in [1.165, 1.54) is 69.0 Å². The Balaban J connectivity index is 0.000000496. The molecule has 0 saturated heterocycles. The predicted molar refractivity (Wildman–Crippen MR) is 112 cm³/mol. The highest BCUT2D eigenvalue weighted by Crippen LogP contribution is 2.60. The highest BCUT2D eigenvalue weighted by atomic mass is 31.2. The number of nitrogens with zero attached hydrogens (tertiary/aromatic N) is 1. The summed E-state index contributed by atoms with van der Waals surface area (Å²) in [5, 5.41) is 18.8. The summed E-state index contributed by atoms with van der Waals surface area (Å²) in [4.78, 5) is 9.52. The van der Waals surface area contributed by atoms with Gasteiger partial charge in [-0.15, -0.1) is 7.26 Å². The Bertz CT molecular complexity index is 441. The minimum atomic E-state index is -0.527. The number of rotatable bonds is 11. The molecule has 1 aromatic carbocycles. The first-order valence-corrected chi connectivity index (χ1v) is 12.3. The van der Waals surface area contributed by atoms with Crippen LogP contribution in [0.1, 0.15) is 66.2 Å². The van der Waals surface area contributed by atoms with Crippen LogP contribution in [0.25, 0.3) is 0 Å². The summed E-state index contributed by atoms with van der Waals surface area (Å²) in [6, 6.07) is 5.04. The van der Waals surface area contributed by atoms with Crippen LogP contribution in [0.15, 0.2) is 24.3 Å². The Hall–Kier alpha value is -1.15. The van der Waals surface area contributed by atoms with Crippen LogP contribution < -0.4 is 0 Å². The van der Waals surface area contributed by atoms with Crippen LogP contribution in [0.5, 0.6) is 5.75 Å².